The van der Waals surface area contributed by atoms with Gasteiger partial charge in [-0.2, -0.15) is 0 Å². The summed E-state index contributed by atoms with van der Waals surface area (Å²) in [6, 6.07) is 4.53. The van der Waals surface area contributed by atoms with E-state index in [0.717, 1.165) is 42.0 Å². The zero-order valence-corrected chi connectivity index (χ0v) is 12.0. The van der Waals surface area contributed by atoms with Gasteiger partial charge in [-0.15, -0.1) is 5.10 Å². The van der Waals surface area contributed by atoms with Crippen molar-refractivity contribution in [2.45, 2.75) is 38.3 Å². The highest BCUT2D eigenvalue weighted by Gasteiger charge is 2.17. The predicted molar refractivity (Wildman–Crippen MR) is 78.8 cm³/mol. The van der Waals surface area contributed by atoms with Crippen LogP contribution in [0.4, 0.5) is 0 Å². The molecule has 1 aromatic heterocycles. The number of ether oxygens (including phenoxy) is 2. The Hall–Kier alpha value is -1.82. The molecule has 1 N–H and O–H groups in total. The summed E-state index contributed by atoms with van der Waals surface area (Å²) in [6.07, 6.45) is 4.98. The molecule has 2 aromatic rings. The summed E-state index contributed by atoms with van der Waals surface area (Å²) in [4.78, 5) is 0. The van der Waals surface area contributed by atoms with Gasteiger partial charge in [-0.3, -0.25) is 0 Å². The van der Waals surface area contributed by atoms with E-state index in [1.54, 1.807) is 0 Å². The number of fused-ring (bicyclic) bond motifs is 2. The number of benzene rings is 1. The van der Waals surface area contributed by atoms with Crippen LogP contribution in [0.15, 0.2) is 12.1 Å². The number of piperidine rings is 1. The van der Waals surface area contributed by atoms with Gasteiger partial charge in [-0.05, 0) is 25.8 Å². The lowest BCUT2D eigenvalue weighted by Gasteiger charge is -2.23. The van der Waals surface area contributed by atoms with Gasteiger partial charge in [0.25, 0.3) is 0 Å². The number of aryl methyl sites for hydroxylation is 1. The van der Waals surface area contributed by atoms with Crippen LogP contribution in [0.5, 0.6) is 11.5 Å². The molecule has 0 aliphatic carbocycles. The molecule has 1 atom stereocenters. The molecule has 6 nitrogen and oxygen atoms in total. The second kappa shape index (κ2) is 5.52. The number of rotatable bonds is 3. The normalized spacial score (nSPS) is 21.6. The van der Waals surface area contributed by atoms with Gasteiger partial charge in [0.2, 0.25) is 0 Å². The number of hydrogen-bond donors (Lipinski definition) is 1. The SMILES string of the molecule is c1c2c(cc3c1nnn3CCC1CCCCN1)OCCO2. The summed E-state index contributed by atoms with van der Waals surface area (Å²) in [6.45, 7) is 3.22. The molecule has 0 bridgehead atoms. The van der Waals surface area contributed by atoms with E-state index in [1.807, 2.05) is 16.8 Å². The minimum absolute atomic E-state index is 0.597. The van der Waals surface area contributed by atoms with E-state index in [1.165, 1.54) is 19.3 Å². The Labute approximate surface area is 123 Å². The van der Waals surface area contributed by atoms with Crippen LogP contribution in [0.25, 0.3) is 11.0 Å². The average Bonchev–Trinajstić information content (AvgIpc) is 2.94. The van der Waals surface area contributed by atoms with Gasteiger partial charge in [0.05, 0.1) is 5.52 Å². The summed E-state index contributed by atoms with van der Waals surface area (Å²) in [7, 11) is 0. The van der Waals surface area contributed by atoms with E-state index in [2.05, 4.69) is 15.6 Å². The third-order valence-electron chi connectivity index (χ3n) is 4.28. The summed E-state index contributed by atoms with van der Waals surface area (Å²) >= 11 is 0. The van der Waals surface area contributed by atoms with Gasteiger partial charge in [0.15, 0.2) is 11.5 Å². The molecule has 3 heterocycles. The average molecular weight is 288 g/mol. The number of nitrogens with one attached hydrogen (secondary N) is 1. The first-order valence-electron chi connectivity index (χ1n) is 7.76. The molecule has 1 aromatic carbocycles. The Bertz CT molecular complexity index is 634. The van der Waals surface area contributed by atoms with Crippen molar-refractivity contribution in [1.29, 1.82) is 0 Å². The van der Waals surface area contributed by atoms with Crippen LogP contribution in [0, 0.1) is 0 Å². The standard InChI is InChI=1S/C15H20N4O2/c1-2-5-16-11(3-1)4-6-19-13-10-15-14(20-7-8-21-15)9-12(13)17-18-19/h9-11,16H,1-8H2. The van der Waals surface area contributed by atoms with Gasteiger partial charge in [0.1, 0.15) is 18.7 Å². The molecule has 21 heavy (non-hydrogen) atoms. The maximum Gasteiger partial charge on any atom is 0.163 e. The minimum Gasteiger partial charge on any atom is -0.486 e. The van der Waals surface area contributed by atoms with Crippen molar-refractivity contribution in [3.63, 3.8) is 0 Å². The second-order valence-electron chi connectivity index (χ2n) is 5.73. The van der Waals surface area contributed by atoms with Crippen molar-refractivity contribution in [2.24, 2.45) is 0 Å². The van der Waals surface area contributed by atoms with Gasteiger partial charge in [-0.25, -0.2) is 4.68 Å². The fraction of sp³-hybridized carbons (Fsp3) is 0.600. The second-order valence-corrected chi connectivity index (χ2v) is 5.73. The maximum atomic E-state index is 5.64. The van der Waals surface area contributed by atoms with E-state index in [4.69, 9.17) is 9.47 Å². The minimum atomic E-state index is 0.597. The van der Waals surface area contributed by atoms with Gasteiger partial charge < -0.3 is 14.8 Å². The molecule has 6 heteroatoms. The zero-order chi connectivity index (χ0) is 14.1. The van der Waals surface area contributed by atoms with Crippen LogP contribution in [0.3, 0.4) is 0 Å². The lowest BCUT2D eigenvalue weighted by Crippen LogP contribution is -2.34. The molecule has 0 amide bonds. The first-order valence-corrected chi connectivity index (χ1v) is 7.76. The summed E-state index contributed by atoms with van der Waals surface area (Å²) in [5.41, 5.74) is 1.89. The highest BCUT2D eigenvalue weighted by Crippen LogP contribution is 2.33. The van der Waals surface area contributed by atoms with E-state index in [-0.39, 0.29) is 0 Å². The Morgan fingerprint density at radius 3 is 2.86 bits per heavy atom. The first-order chi connectivity index (χ1) is 10.4. The highest BCUT2D eigenvalue weighted by molar-refractivity contribution is 5.79. The molecule has 0 spiro atoms. The molecule has 0 saturated carbocycles. The summed E-state index contributed by atoms with van der Waals surface area (Å²) in [5, 5.41) is 12.1. The van der Waals surface area contributed by atoms with Gasteiger partial charge in [-0.1, -0.05) is 11.6 Å². The number of hydrogen-bond acceptors (Lipinski definition) is 5. The monoisotopic (exact) mass is 288 g/mol. The van der Waals surface area contributed by atoms with E-state index < -0.39 is 0 Å². The van der Waals surface area contributed by atoms with Crippen molar-refractivity contribution in [3.05, 3.63) is 12.1 Å². The summed E-state index contributed by atoms with van der Waals surface area (Å²) in [5.74, 6) is 1.57. The number of nitrogens with zero attached hydrogens (tertiary/aromatic N) is 3. The molecular weight excluding hydrogens is 268 g/mol. The van der Waals surface area contributed by atoms with Crippen molar-refractivity contribution < 1.29 is 9.47 Å². The molecule has 2 aliphatic rings. The third kappa shape index (κ3) is 2.55. The smallest absolute Gasteiger partial charge is 0.163 e. The highest BCUT2D eigenvalue weighted by atomic mass is 16.6. The van der Waals surface area contributed by atoms with Crippen molar-refractivity contribution >= 4 is 11.0 Å². The fourth-order valence-electron chi connectivity index (χ4n) is 3.12. The van der Waals surface area contributed by atoms with Gasteiger partial charge >= 0.3 is 0 Å². The zero-order valence-electron chi connectivity index (χ0n) is 12.0. The van der Waals surface area contributed by atoms with Crippen LogP contribution in [0.2, 0.25) is 0 Å². The maximum absolute atomic E-state index is 5.64. The largest absolute Gasteiger partial charge is 0.486 e. The molecule has 1 saturated heterocycles. The Balaban J connectivity index is 1.54. The number of aromatic nitrogens is 3. The van der Waals surface area contributed by atoms with Crippen LogP contribution < -0.4 is 14.8 Å². The lowest BCUT2D eigenvalue weighted by atomic mass is 10.0. The molecule has 1 unspecified atom stereocenters. The molecule has 0 radical (unpaired) electrons. The van der Waals surface area contributed by atoms with Crippen LogP contribution in [-0.4, -0.2) is 40.8 Å². The van der Waals surface area contributed by atoms with Crippen molar-refractivity contribution in [3.8, 4) is 11.5 Å². The molecule has 2 aliphatic heterocycles. The first kappa shape index (κ1) is 12.9. The van der Waals surface area contributed by atoms with Crippen LogP contribution in [0.1, 0.15) is 25.7 Å². The van der Waals surface area contributed by atoms with Crippen molar-refractivity contribution in [1.82, 2.24) is 20.3 Å². The van der Waals surface area contributed by atoms with Crippen molar-refractivity contribution in [2.75, 3.05) is 19.8 Å². The fourth-order valence-corrected chi connectivity index (χ4v) is 3.12. The topological polar surface area (TPSA) is 61.2 Å². The third-order valence-corrected chi connectivity index (χ3v) is 4.28. The molecule has 4 rings (SSSR count). The van der Waals surface area contributed by atoms with E-state index in [0.29, 0.717) is 19.3 Å². The van der Waals surface area contributed by atoms with Gasteiger partial charge in [0, 0.05) is 24.7 Å². The predicted octanol–water partition coefficient (Wildman–Crippen LogP) is 1.73. The summed E-state index contributed by atoms with van der Waals surface area (Å²) < 4.78 is 13.2. The van der Waals surface area contributed by atoms with E-state index in [9.17, 15) is 0 Å². The Morgan fingerprint density at radius 2 is 2.05 bits per heavy atom. The molecule has 112 valence electrons. The molecule has 1 fully saturated rings. The lowest BCUT2D eigenvalue weighted by molar-refractivity contribution is 0.172. The van der Waals surface area contributed by atoms with Crippen LogP contribution in [-0.2, 0) is 6.54 Å². The van der Waals surface area contributed by atoms with Crippen LogP contribution >= 0.6 is 0 Å². The Morgan fingerprint density at radius 1 is 1.19 bits per heavy atom. The Kier molecular flexibility index (Phi) is 3.39. The quantitative estimate of drug-likeness (QED) is 0.932. The van der Waals surface area contributed by atoms with E-state index >= 15 is 0 Å². The molecular formula is C15H20N4O2.